The lowest BCUT2D eigenvalue weighted by molar-refractivity contribution is -0.152. The third-order valence-electron chi connectivity index (χ3n) is 7.96. The van der Waals surface area contributed by atoms with Crippen molar-refractivity contribution in [3.63, 3.8) is 0 Å². The molecular weight excluding hydrogens is 584 g/mol. The quantitative estimate of drug-likeness (QED) is 0.155. The molecule has 0 spiro atoms. The van der Waals surface area contributed by atoms with E-state index in [0.29, 0.717) is 24.4 Å². The summed E-state index contributed by atoms with van der Waals surface area (Å²) in [5.41, 5.74) is -1.06. The average molecular weight is 633 g/mol. The number of nitrogens with zero attached hydrogens (tertiary/aromatic N) is 4. The Morgan fingerprint density at radius 1 is 0.957 bits per heavy atom. The fourth-order valence-electron chi connectivity index (χ4n) is 5.74. The molecule has 3 aromatic rings. The molecule has 0 bridgehead atoms. The number of benzene rings is 1. The first-order valence-electron chi connectivity index (χ1n) is 16.1. The Bertz CT molecular complexity index is 1450. The first-order chi connectivity index (χ1) is 21.6. The van der Waals surface area contributed by atoms with Crippen LogP contribution in [-0.2, 0) is 24.4 Å². The lowest BCUT2D eigenvalue weighted by Crippen LogP contribution is -2.45. The van der Waals surface area contributed by atoms with Gasteiger partial charge in [-0.1, -0.05) is 49.7 Å². The van der Waals surface area contributed by atoms with Gasteiger partial charge < -0.3 is 14.2 Å². The Balaban J connectivity index is 1.62. The van der Waals surface area contributed by atoms with Gasteiger partial charge in [-0.3, -0.25) is 9.36 Å². The Morgan fingerprint density at radius 3 is 2.15 bits per heavy atom. The second-order valence-electron chi connectivity index (χ2n) is 14.1. The number of pyridine rings is 1. The zero-order valence-electron chi connectivity index (χ0n) is 28.4. The van der Waals surface area contributed by atoms with Gasteiger partial charge in [-0.2, -0.15) is 0 Å². The number of esters is 1. The summed E-state index contributed by atoms with van der Waals surface area (Å²) in [7, 11) is 0. The molecule has 10 nitrogen and oxygen atoms in total. The normalized spacial score (nSPS) is 19.1. The molecular formula is C36H48N4O6. The maximum atomic E-state index is 14.1. The fraction of sp³-hybridized carbons (Fsp3) is 0.528. The van der Waals surface area contributed by atoms with Gasteiger partial charge in [-0.05, 0) is 97.3 Å². The number of amides is 2. The Hall–Kier alpha value is -4.21. The Morgan fingerprint density at radius 2 is 1.59 bits per heavy atom. The van der Waals surface area contributed by atoms with Crippen LogP contribution in [0.1, 0.15) is 98.4 Å². The molecule has 0 N–H and O–H groups in total. The number of aromatic nitrogens is 3. The van der Waals surface area contributed by atoms with Crippen LogP contribution in [-0.4, -0.2) is 55.3 Å². The second kappa shape index (κ2) is 14.1. The molecule has 1 fully saturated rings. The predicted molar refractivity (Wildman–Crippen MR) is 174 cm³/mol. The summed E-state index contributed by atoms with van der Waals surface area (Å²) in [6.45, 7) is 14.6. The van der Waals surface area contributed by atoms with Crippen LogP contribution in [0.15, 0.2) is 67.3 Å². The van der Waals surface area contributed by atoms with Gasteiger partial charge in [-0.25, -0.2) is 24.5 Å². The van der Waals surface area contributed by atoms with E-state index in [1.54, 1.807) is 58.6 Å². The molecule has 2 aromatic heterocycles. The van der Waals surface area contributed by atoms with E-state index in [9.17, 15) is 14.4 Å². The van der Waals surface area contributed by atoms with Crippen molar-refractivity contribution < 1.29 is 28.6 Å². The van der Waals surface area contributed by atoms with Gasteiger partial charge in [0.1, 0.15) is 34.9 Å². The lowest BCUT2D eigenvalue weighted by atomic mass is 9.90. The summed E-state index contributed by atoms with van der Waals surface area (Å²) >= 11 is 0. The average Bonchev–Trinajstić information content (AvgIpc) is 3.48. The van der Waals surface area contributed by atoms with Gasteiger partial charge in [0.05, 0.1) is 5.69 Å². The summed E-state index contributed by atoms with van der Waals surface area (Å²) in [6.07, 6.45) is 5.91. The van der Waals surface area contributed by atoms with E-state index in [1.807, 2.05) is 61.7 Å². The highest BCUT2D eigenvalue weighted by Crippen LogP contribution is 2.58. The number of ether oxygens (including phenoxy) is 3. The van der Waals surface area contributed by atoms with Crippen LogP contribution in [0.3, 0.4) is 0 Å². The number of carbonyl (C=O) groups is 3. The highest BCUT2D eigenvalue weighted by molar-refractivity contribution is 5.88. The minimum atomic E-state index is -0.974. The number of imide groups is 1. The van der Waals surface area contributed by atoms with Crippen molar-refractivity contribution >= 4 is 18.2 Å². The van der Waals surface area contributed by atoms with E-state index in [4.69, 9.17) is 19.2 Å². The zero-order valence-corrected chi connectivity index (χ0v) is 28.4. The van der Waals surface area contributed by atoms with E-state index >= 15 is 0 Å². The van der Waals surface area contributed by atoms with Crippen molar-refractivity contribution in [2.75, 3.05) is 6.54 Å². The highest BCUT2D eigenvalue weighted by Gasteiger charge is 2.64. The molecule has 46 heavy (non-hydrogen) atoms. The molecule has 0 unspecified atom stereocenters. The molecule has 1 aliphatic rings. The van der Waals surface area contributed by atoms with E-state index in [-0.39, 0.29) is 24.3 Å². The van der Waals surface area contributed by atoms with Crippen LogP contribution in [0.5, 0.6) is 0 Å². The SMILES string of the molecule is CCC[C@H](C[C@@H]1C[C@@]1(C(=O)O[C@H](C)c1ccccc1)c1cn(-c2ccccn2)cn1)CN(C(=O)OC(C)(C)C)C(=O)OC(C)(C)C. The first kappa shape index (κ1) is 34.7. The molecule has 0 saturated heterocycles. The van der Waals surface area contributed by atoms with Crippen LogP contribution < -0.4 is 0 Å². The number of hydrogen-bond donors (Lipinski definition) is 0. The van der Waals surface area contributed by atoms with Gasteiger partial charge in [0.15, 0.2) is 0 Å². The summed E-state index contributed by atoms with van der Waals surface area (Å²) < 4.78 is 19.1. The minimum Gasteiger partial charge on any atom is -0.457 e. The molecule has 4 atom stereocenters. The molecule has 0 radical (unpaired) electrons. The Labute approximate surface area is 272 Å². The van der Waals surface area contributed by atoms with Crippen molar-refractivity contribution in [1.29, 1.82) is 0 Å². The van der Waals surface area contributed by atoms with Crippen LogP contribution in [0.25, 0.3) is 5.82 Å². The smallest absolute Gasteiger partial charge is 0.419 e. The van der Waals surface area contributed by atoms with E-state index < -0.39 is 34.9 Å². The fourth-order valence-corrected chi connectivity index (χ4v) is 5.74. The zero-order chi connectivity index (χ0) is 33.7. The van der Waals surface area contributed by atoms with Crippen molar-refractivity contribution in [3.8, 4) is 5.82 Å². The first-order valence-corrected chi connectivity index (χ1v) is 16.1. The number of imidazole rings is 1. The molecule has 1 aromatic carbocycles. The molecule has 4 rings (SSSR count). The second-order valence-corrected chi connectivity index (χ2v) is 14.1. The van der Waals surface area contributed by atoms with Crippen molar-refractivity contribution in [1.82, 2.24) is 19.4 Å². The van der Waals surface area contributed by atoms with E-state index in [1.165, 1.54) is 0 Å². The van der Waals surface area contributed by atoms with Crippen molar-refractivity contribution in [2.24, 2.45) is 11.8 Å². The van der Waals surface area contributed by atoms with Crippen LogP contribution in [0.4, 0.5) is 9.59 Å². The summed E-state index contributed by atoms with van der Waals surface area (Å²) in [5, 5.41) is 0. The Kier molecular flexibility index (Phi) is 10.6. The standard InChI is InChI=1S/C36H48N4O6/c1-9-15-26(22-40(32(42)45-34(3,4)5)33(43)46-35(6,7)8)20-28-21-36(28,31(41)44-25(2)27-16-11-10-12-17-27)29-23-39(24-38-29)30-18-13-14-19-37-30/h10-14,16-19,23-26,28H,9,15,20-22H2,1-8H3/t25-,26-,28-,36+/m1/s1. The third-order valence-corrected chi connectivity index (χ3v) is 7.96. The minimum absolute atomic E-state index is 0.0993. The van der Waals surface area contributed by atoms with Gasteiger partial charge in [0.2, 0.25) is 0 Å². The topological polar surface area (TPSA) is 113 Å². The maximum Gasteiger partial charge on any atom is 0.419 e. The maximum absolute atomic E-state index is 14.1. The number of rotatable bonds is 11. The molecule has 1 saturated carbocycles. The third kappa shape index (κ3) is 8.73. The molecule has 10 heteroatoms. The van der Waals surface area contributed by atoms with Gasteiger partial charge in [-0.15, -0.1) is 0 Å². The van der Waals surface area contributed by atoms with Crippen molar-refractivity contribution in [3.05, 3.63) is 78.5 Å². The molecule has 0 aliphatic heterocycles. The molecule has 2 heterocycles. The van der Waals surface area contributed by atoms with Gasteiger partial charge in [0.25, 0.3) is 0 Å². The summed E-state index contributed by atoms with van der Waals surface area (Å²) in [6, 6.07) is 15.2. The van der Waals surface area contributed by atoms with Crippen LogP contribution in [0, 0.1) is 11.8 Å². The highest BCUT2D eigenvalue weighted by atomic mass is 16.6. The predicted octanol–water partition coefficient (Wildman–Crippen LogP) is 7.81. The molecule has 248 valence electrons. The molecule has 2 amide bonds. The monoisotopic (exact) mass is 632 g/mol. The van der Waals surface area contributed by atoms with Crippen LogP contribution in [0.2, 0.25) is 0 Å². The van der Waals surface area contributed by atoms with Gasteiger partial charge in [0, 0.05) is 18.9 Å². The number of hydrogen-bond acceptors (Lipinski definition) is 8. The summed E-state index contributed by atoms with van der Waals surface area (Å²) in [4.78, 5) is 50.9. The largest absolute Gasteiger partial charge is 0.457 e. The van der Waals surface area contributed by atoms with E-state index in [2.05, 4.69) is 11.9 Å². The summed E-state index contributed by atoms with van der Waals surface area (Å²) in [5.74, 6) is 0.111. The van der Waals surface area contributed by atoms with Gasteiger partial charge >= 0.3 is 18.2 Å². The molecule has 1 aliphatic carbocycles. The lowest BCUT2D eigenvalue weighted by Gasteiger charge is -2.31. The van der Waals surface area contributed by atoms with Crippen molar-refractivity contribution in [2.45, 2.75) is 104 Å². The van der Waals surface area contributed by atoms with Crippen LogP contribution >= 0.6 is 0 Å². The van der Waals surface area contributed by atoms with E-state index in [0.717, 1.165) is 23.3 Å². The number of carbonyl (C=O) groups excluding carboxylic acids is 3.